The molecule has 0 radical (unpaired) electrons. The van der Waals surface area contributed by atoms with Crippen LogP contribution in [-0.4, -0.2) is 60.1 Å². The van der Waals surface area contributed by atoms with Crippen molar-refractivity contribution in [3.8, 4) is 0 Å². The number of hydrogen-bond acceptors (Lipinski definition) is 3. The number of rotatable bonds is 4. The van der Waals surface area contributed by atoms with E-state index in [0.29, 0.717) is 26.3 Å². The Labute approximate surface area is 175 Å². The number of carbonyl (C=O) groups excluding carboxylic acids is 2. The second kappa shape index (κ2) is 8.88. The van der Waals surface area contributed by atoms with E-state index in [0.717, 1.165) is 38.5 Å². The standard InChI is InChI=1S/C21H27ClFN3O3/c22-17-2-1-3-18(19(17)23)24-21(28)25-10-6-15(7-11-25)26(20(27)14-4-5-14)16-8-12-29-13-9-16/h1-3,14-16H,4-13H2,(H,24,28). The van der Waals surface area contributed by atoms with Gasteiger partial charge in [0, 0.05) is 44.3 Å². The van der Waals surface area contributed by atoms with Crippen LogP contribution in [0.4, 0.5) is 14.9 Å². The molecule has 1 aromatic carbocycles. The minimum atomic E-state index is -0.627. The maximum absolute atomic E-state index is 14.1. The first-order chi connectivity index (χ1) is 14.0. The van der Waals surface area contributed by atoms with Crippen molar-refractivity contribution in [2.75, 3.05) is 31.6 Å². The first-order valence-corrected chi connectivity index (χ1v) is 10.8. The van der Waals surface area contributed by atoms with Gasteiger partial charge < -0.3 is 19.9 Å². The number of carbonyl (C=O) groups is 2. The zero-order chi connectivity index (χ0) is 20.4. The molecule has 6 nitrogen and oxygen atoms in total. The van der Waals surface area contributed by atoms with E-state index in [1.807, 2.05) is 0 Å². The second-order valence-electron chi connectivity index (χ2n) is 8.11. The molecule has 1 aliphatic carbocycles. The van der Waals surface area contributed by atoms with Crippen molar-refractivity contribution < 1.29 is 18.7 Å². The predicted molar refractivity (Wildman–Crippen MR) is 108 cm³/mol. The molecule has 2 aliphatic heterocycles. The summed E-state index contributed by atoms with van der Waals surface area (Å²) in [7, 11) is 0. The molecule has 3 fully saturated rings. The lowest BCUT2D eigenvalue weighted by Gasteiger charge is -2.43. The summed E-state index contributed by atoms with van der Waals surface area (Å²) < 4.78 is 19.5. The van der Waals surface area contributed by atoms with Gasteiger partial charge in [0.15, 0.2) is 5.82 Å². The number of urea groups is 1. The third-order valence-electron chi connectivity index (χ3n) is 6.10. The van der Waals surface area contributed by atoms with Crippen LogP contribution in [0, 0.1) is 11.7 Å². The van der Waals surface area contributed by atoms with E-state index in [-0.39, 0.29) is 40.6 Å². The number of ether oxygens (including phenoxy) is 1. The Hall–Kier alpha value is -1.86. The number of nitrogens with zero attached hydrogens (tertiary/aromatic N) is 2. The van der Waals surface area contributed by atoms with E-state index >= 15 is 0 Å². The van der Waals surface area contributed by atoms with Gasteiger partial charge in [-0.2, -0.15) is 0 Å². The molecule has 1 aromatic rings. The second-order valence-corrected chi connectivity index (χ2v) is 8.52. The molecule has 3 amide bonds. The number of nitrogens with one attached hydrogen (secondary N) is 1. The van der Waals surface area contributed by atoms with Crippen molar-refractivity contribution in [3.63, 3.8) is 0 Å². The largest absolute Gasteiger partial charge is 0.381 e. The summed E-state index contributed by atoms with van der Waals surface area (Å²) >= 11 is 5.78. The molecule has 1 saturated carbocycles. The highest BCUT2D eigenvalue weighted by molar-refractivity contribution is 6.31. The summed E-state index contributed by atoms with van der Waals surface area (Å²) in [5.74, 6) is -0.163. The summed E-state index contributed by atoms with van der Waals surface area (Å²) in [6.07, 6.45) is 5.22. The lowest BCUT2D eigenvalue weighted by molar-refractivity contribution is -0.141. The van der Waals surface area contributed by atoms with Gasteiger partial charge in [-0.25, -0.2) is 9.18 Å². The van der Waals surface area contributed by atoms with E-state index in [4.69, 9.17) is 16.3 Å². The van der Waals surface area contributed by atoms with Crippen molar-refractivity contribution >= 4 is 29.2 Å². The summed E-state index contributed by atoms with van der Waals surface area (Å²) in [5, 5.41) is 2.59. The quantitative estimate of drug-likeness (QED) is 0.799. The Morgan fingerprint density at radius 1 is 1.07 bits per heavy atom. The highest BCUT2D eigenvalue weighted by Crippen LogP contribution is 2.35. The van der Waals surface area contributed by atoms with Crippen LogP contribution in [0.3, 0.4) is 0 Å². The maximum atomic E-state index is 14.1. The number of benzene rings is 1. The summed E-state index contributed by atoms with van der Waals surface area (Å²) in [4.78, 5) is 29.3. The highest BCUT2D eigenvalue weighted by Gasteiger charge is 2.41. The van der Waals surface area contributed by atoms with Gasteiger partial charge in [-0.3, -0.25) is 4.79 Å². The molecule has 1 N–H and O–H groups in total. The van der Waals surface area contributed by atoms with Crippen molar-refractivity contribution in [3.05, 3.63) is 29.0 Å². The lowest BCUT2D eigenvalue weighted by atomic mass is 9.97. The molecule has 0 spiro atoms. The maximum Gasteiger partial charge on any atom is 0.321 e. The van der Waals surface area contributed by atoms with Crippen molar-refractivity contribution in [1.82, 2.24) is 9.80 Å². The van der Waals surface area contributed by atoms with Crippen LogP contribution >= 0.6 is 11.6 Å². The topological polar surface area (TPSA) is 61.9 Å². The molecule has 8 heteroatoms. The first-order valence-electron chi connectivity index (χ1n) is 10.4. The molecule has 4 rings (SSSR count). The molecule has 0 unspecified atom stereocenters. The van der Waals surface area contributed by atoms with Gasteiger partial charge in [0.2, 0.25) is 5.91 Å². The van der Waals surface area contributed by atoms with Crippen LogP contribution in [0.15, 0.2) is 18.2 Å². The van der Waals surface area contributed by atoms with Gasteiger partial charge in [-0.05, 0) is 50.7 Å². The number of anilines is 1. The third-order valence-corrected chi connectivity index (χ3v) is 6.40. The summed E-state index contributed by atoms with van der Waals surface area (Å²) in [5.41, 5.74) is 0.0809. The highest BCUT2D eigenvalue weighted by atomic mass is 35.5. The number of halogens is 2. The first kappa shape index (κ1) is 20.4. The van der Waals surface area contributed by atoms with E-state index < -0.39 is 5.82 Å². The number of likely N-dealkylation sites (tertiary alicyclic amines) is 1. The normalized spacial score (nSPS) is 21.1. The van der Waals surface area contributed by atoms with E-state index in [2.05, 4.69) is 10.2 Å². The Bertz CT molecular complexity index is 760. The van der Waals surface area contributed by atoms with E-state index in [1.165, 1.54) is 12.1 Å². The van der Waals surface area contributed by atoms with Crippen LogP contribution in [0.1, 0.15) is 38.5 Å². The zero-order valence-corrected chi connectivity index (χ0v) is 17.2. The van der Waals surface area contributed by atoms with Gasteiger partial charge in [-0.1, -0.05) is 17.7 Å². The van der Waals surface area contributed by atoms with Crippen LogP contribution in [-0.2, 0) is 9.53 Å². The fourth-order valence-corrected chi connectivity index (χ4v) is 4.48. The Balaban J connectivity index is 1.37. The van der Waals surface area contributed by atoms with Crippen LogP contribution < -0.4 is 5.32 Å². The van der Waals surface area contributed by atoms with Gasteiger partial charge in [0.1, 0.15) is 0 Å². The van der Waals surface area contributed by atoms with Crippen LogP contribution in [0.25, 0.3) is 0 Å². The molecule has 158 valence electrons. The van der Waals surface area contributed by atoms with Gasteiger partial charge >= 0.3 is 6.03 Å². The molecule has 0 atom stereocenters. The minimum absolute atomic E-state index is 0.0211. The minimum Gasteiger partial charge on any atom is -0.381 e. The third kappa shape index (κ3) is 4.67. The monoisotopic (exact) mass is 423 g/mol. The summed E-state index contributed by atoms with van der Waals surface area (Å²) in [6, 6.07) is 4.59. The predicted octanol–water partition coefficient (Wildman–Crippen LogP) is 3.89. The molecular weight excluding hydrogens is 397 g/mol. The average molecular weight is 424 g/mol. The van der Waals surface area contributed by atoms with Crippen molar-refractivity contribution in [1.29, 1.82) is 0 Å². The molecular formula is C21H27ClFN3O3. The Morgan fingerprint density at radius 2 is 1.72 bits per heavy atom. The molecule has 2 saturated heterocycles. The van der Waals surface area contributed by atoms with Crippen LogP contribution in [0.5, 0.6) is 0 Å². The summed E-state index contributed by atoms with van der Waals surface area (Å²) in [6.45, 7) is 2.48. The Kier molecular flexibility index (Phi) is 6.25. The molecule has 3 aliphatic rings. The zero-order valence-electron chi connectivity index (χ0n) is 16.4. The molecule has 0 bridgehead atoms. The number of piperidine rings is 1. The van der Waals surface area contributed by atoms with Gasteiger partial charge in [0.25, 0.3) is 0 Å². The van der Waals surface area contributed by atoms with Gasteiger partial charge in [0.05, 0.1) is 10.7 Å². The van der Waals surface area contributed by atoms with E-state index in [9.17, 15) is 14.0 Å². The smallest absolute Gasteiger partial charge is 0.321 e. The van der Waals surface area contributed by atoms with Crippen molar-refractivity contribution in [2.24, 2.45) is 5.92 Å². The number of hydrogen-bond donors (Lipinski definition) is 1. The molecule has 2 heterocycles. The SMILES string of the molecule is O=C(Nc1cccc(Cl)c1F)N1CCC(N(C(=O)C2CC2)C2CCOCC2)CC1. The fraction of sp³-hybridized carbons (Fsp3) is 0.619. The fourth-order valence-electron chi connectivity index (χ4n) is 4.30. The van der Waals surface area contributed by atoms with Gasteiger partial charge in [-0.15, -0.1) is 0 Å². The molecule has 29 heavy (non-hydrogen) atoms. The van der Waals surface area contributed by atoms with E-state index in [1.54, 1.807) is 11.0 Å². The average Bonchev–Trinajstić information content (AvgIpc) is 3.58. The molecule has 0 aromatic heterocycles. The lowest BCUT2D eigenvalue weighted by Crippen LogP contribution is -2.54. The Morgan fingerprint density at radius 3 is 2.38 bits per heavy atom. The van der Waals surface area contributed by atoms with Crippen LogP contribution in [0.2, 0.25) is 5.02 Å². The van der Waals surface area contributed by atoms with Crippen molar-refractivity contribution in [2.45, 2.75) is 50.6 Å². The number of amides is 3.